The normalized spacial score (nSPS) is 20.1. The first kappa shape index (κ1) is 13.9. The van der Waals surface area contributed by atoms with Crippen molar-refractivity contribution in [2.75, 3.05) is 6.54 Å². The molecule has 1 amide bonds. The molecule has 5 heteroatoms. The van der Waals surface area contributed by atoms with Gasteiger partial charge in [-0.25, -0.2) is 4.79 Å². The van der Waals surface area contributed by atoms with E-state index >= 15 is 0 Å². The Bertz CT molecular complexity index is 691. The quantitative estimate of drug-likeness (QED) is 0.890. The number of furan rings is 1. The molecule has 2 heterocycles. The van der Waals surface area contributed by atoms with Crippen LogP contribution in [0.3, 0.4) is 0 Å². The summed E-state index contributed by atoms with van der Waals surface area (Å²) in [6.07, 6.45) is -0.393. The number of fused-ring (bicyclic) bond motifs is 1. The van der Waals surface area contributed by atoms with Gasteiger partial charge in [0, 0.05) is 17.5 Å². The molecule has 1 aromatic carbocycles. The van der Waals surface area contributed by atoms with E-state index in [1.807, 2.05) is 32.0 Å². The van der Waals surface area contributed by atoms with Gasteiger partial charge in [0.15, 0.2) is 0 Å². The summed E-state index contributed by atoms with van der Waals surface area (Å²) in [5, 5.41) is 20.9. The van der Waals surface area contributed by atoms with Crippen molar-refractivity contribution in [1.82, 2.24) is 4.90 Å². The topological polar surface area (TPSA) is 73.9 Å². The number of carbonyl (C=O) groups is 1. The molecule has 2 unspecified atom stereocenters. The summed E-state index contributed by atoms with van der Waals surface area (Å²) >= 11 is 0. The lowest BCUT2D eigenvalue weighted by Crippen LogP contribution is -2.38. The minimum atomic E-state index is -0.976. The Morgan fingerprint density at radius 1 is 1.43 bits per heavy atom. The van der Waals surface area contributed by atoms with Crippen LogP contribution in [0.4, 0.5) is 4.79 Å². The van der Waals surface area contributed by atoms with E-state index in [9.17, 15) is 15.0 Å². The van der Waals surface area contributed by atoms with Crippen molar-refractivity contribution in [3.8, 4) is 0 Å². The number of aliphatic hydroxyl groups is 1. The molecule has 2 N–H and O–H groups in total. The number of nitrogens with zero attached hydrogens (tertiary/aromatic N) is 1. The van der Waals surface area contributed by atoms with Crippen molar-refractivity contribution >= 4 is 17.1 Å². The van der Waals surface area contributed by atoms with E-state index in [4.69, 9.17) is 4.42 Å². The fraction of sp³-hybridized carbons (Fsp3) is 0.438. The second-order valence-corrected chi connectivity index (χ2v) is 5.64. The molecule has 1 aromatic heterocycles. The van der Waals surface area contributed by atoms with Crippen molar-refractivity contribution in [2.45, 2.75) is 38.8 Å². The maximum absolute atomic E-state index is 11.3. The highest BCUT2D eigenvalue weighted by atomic mass is 16.4. The number of rotatable bonds is 2. The Hall–Kier alpha value is -2.01. The molecule has 2 aromatic rings. The first-order chi connectivity index (χ1) is 10.0. The minimum absolute atomic E-state index is 0.404. The summed E-state index contributed by atoms with van der Waals surface area (Å²) in [5.41, 5.74) is 2.39. The first-order valence-corrected chi connectivity index (χ1v) is 7.17. The lowest BCUT2D eigenvalue weighted by Gasteiger charge is -2.26. The smallest absolute Gasteiger partial charge is 0.407 e. The highest BCUT2D eigenvalue weighted by Crippen LogP contribution is 2.35. The Morgan fingerprint density at radius 3 is 2.90 bits per heavy atom. The molecule has 2 atom stereocenters. The summed E-state index contributed by atoms with van der Waals surface area (Å²) in [5.74, 6) is 0.825. The number of amides is 1. The number of benzene rings is 1. The molecule has 21 heavy (non-hydrogen) atoms. The number of hydrogen-bond donors (Lipinski definition) is 2. The van der Waals surface area contributed by atoms with Crippen molar-refractivity contribution in [2.24, 2.45) is 0 Å². The Kier molecular flexibility index (Phi) is 3.37. The van der Waals surface area contributed by atoms with Crippen LogP contribution in [-0.2, 0) is 0 Å². The van der Waals surface area contributed by atoms with Crippen LogP contribution in [0.1, 0.15) is 35.8 Å². The molecular formula is C16H19NO4. The van der Waals surface area contributed by atoms with Gasteiger partial charge < -0.3 is 19.5 Å². The molecule has 0 aliphatic carbocycles. The van der Waals surface area contributed by atoms with Crippen molar-refractivity contribution in [1.29, 1.82) is 0 Å². The number of likely N-dealkylation sites (tertiary alicyclic amines) is 1. The summed E-state index contributed by atoms with van der Waals surface area (Å²) in [6.45, 7) is 4.35. The third-order valence-corrected chi connectivity index (χ3v) is 4.46. The van der Waals surface area contributed by atoms with Gasteiger partial charge >= 0.3 is 6.09 Å². The maximum atomic E-state index is 11.3. The first-order valence-electron chi connectivity index (χ1n) is 7.17. The van der Waals surface area contributed by atoms with Crippen LogP contribution in [0.15, 0.2) is 22.6 Å². The molecule has 1 aliphatic heterocycles. The Balaban J connectivity index is 2.04. The fourth-order valence-electron chi connectivity index (χ4n) is 3.18. The zero-order valence-corrected chi connectivity index (χ0v) is 12.2. The molecule has 112 valence electrons. The van der Waals surface area contributed by atoms with Crippen LogP contribution < -0.4 is 0 Å². The van der Waals surface area contributed by atoms with Gasteiger partial charge in [-0.2, -0.15) is 0 Å². The van der Waals surface area contributed by atoms with Crippen LogP contribution in [0.25, 0.3) is 11.0 Å². The molecule has 0 spiro atoms. The van der Waals surface area contributed by atoms with Gasteiger partial charge in [-0.3, -0.25) is 0 Å². The van der Waals surface area contributed by atoms with Gasteiger partial charge in [0.2, 0.25) is 0 Å². The van der Waals surface area contributed by atoms with E-state index in [1.165, 1.54) is 4.90 Å². The van der Waals surface area contributed by atoms with E-state index in [1.54, 1.807) is 0 Å². The average molecular weight is 289 g/mol. The summed E-state index contributed by atoms with van der Waals surface area (Å²) < 4.78 is 5.78. The summed E-state index contributed by atoms with van der Waals surface area (Å²) in [7, 11) is 0. The second kappa shape index (κ2) is 5.07. The molecule has 3 rings (SSSR count). The van der Waals surface area contributed by atoms with Crippen LogP contribution in [0, 0.1) is 13.8 Å². The van der Waals surface area contributed by atoms with E-state index in [2.05, 4.69) is 0 Å². The van der Waals surface area contributed by atoms with Crippen LogP contribution in [0.2, 0.25) is 0 Å². The van der Waals surface area contributed by atoms with Crippen LogP contribution in [-0.4, -0.2) is 33.8 Å². The number of para-hydroxylation sites is 1. The Morgan fingerprint density at radius 2 is 2.19 bits per heavy atom. The van der Waals surface area contributed by atoms with E-state index in [-0.39, 0.29) is 0 Å². The van der Waals surface area contributed by atoms with E-state index in [0.29, 0.717) is 24.1 Å². The lowest BCUT2D eigenvalue weighted by molar-refractivity contribution is 0.0679. The molecule has 1 fully saturated rings. The fourth-order valence-corrected chi connectivity index (χ4v) is 3.18. The molecule has 1 saturated heterocycles. The van der Waals surface area contributed by atoms with Gasteiger partial charge in [0.1, 0.15) is 17.4 Å². The largest absolute Gasteiger partial charge is 0.465 e. The molecule has 0 bridgehead atoms. The van der Waals surface area contributed by atoms with Gasteiger partial charge in [0.25, 0.3) is 0 Å². The third kappa shape index (κ3) is 2.17. The standard InChI is InChI=1S/C16H19NO4/c1-9-10(2)21-15-11(9)5-3-6-12(15)14(18)13-7-4-8-17(13)16(19)20/h3,5-6,13-14,18H,4,7-8H2,1-2H3,(H,19,20). The van der Waals surface area contributed by atoms with Crippen molar-refractivity contribution in [3.63, 3.8) is 0 Å². The summed E-state index contributed by atoms with van der Waals surface area (Å²) in [6, 6.07) is 5.25. The van der Waals surface area contributed by atoms with Crippen molar-refractivity contribution < 1.29 is 19.4 Å². The number of carboxylic acid groups (broad SMARTS) is 1. The monoisotopic (exact) mass is 289 g/mol. The number of hydrogen-bond acceptors (Lipinski definition) is 3. The lowest BCUT2D eigenvalue weighted by atomic mass is 9.98. The Labute approximate surface area is 122 Å². The second-order valence-electron chi connectivity index (χ2n) is 5.64. The minimum Gasteiger partial charge on any atom is -0.465 e. The average Bonchev–Trinajstić information content (AvgIpc) is 3.04. The maximum Gasteiger partial charge on any atom is 0.407 e. The highest BCUT2D eigenvalue weighted by molar-refractivity contribution is 5.85. The van der Waals surface area contributed by atoms with Gasteiger partial charge in [0.05, 0.1) is 6.04 Å². The van der Waals surface area contributed by atoms with Gasteiger partial charge in [-0.1, -0.05) is 18.2 Å². The predicted molar refractivity (Wildman–Crippen MR) is 78.4 cm³/mol. The zero-order chi connectivity index (χ0) is 15.1. The van der Waals surface area contributed by atoms with E-state index in [0.717, 1.165) is 23.1 Å². The molecule has 0 saturated carbocycles. The summed E-state index contributed by atoms with van der Waals surface area (Å²) in [4.78, 5) is 12.6. The molecule has 1 aliphatic rings. The van der Waals surface area contributed by atoms with E-state index < -0.39 is 18.2 Å². The third-order valence-electron chi connectivity index (χ3n) is 4.46. The van der Waals surface area contributed by atoms with Crippen LogP contribution in [0.5, 0.6) is 0 Å². The predicted octanol–water partition coefficient (Wildman–Crippen LogP) is 3.23. The molecule has 0 radical (unpaired) electrons. The van der Waals surface area contributed by atoms with Gasteiger partial charge in [-0.05, 0) is 32.3 Å². The zero-order valence-electron chi connectivity index (χ0n) is 12.2. The SMILES string of the molecule is Cc1oc2c(C(O)C3CCCN3C(=O)O)cccc2c1C. The van der Waals surface area contributed by atoms with Crippen molar-refractivity contribution in [3.05, 3.63) is 35.1 Å². The number of aliphatic hydroxyl groups excluding tert-OH is 1. The highest BCUT2D eigenvalue weighted by Gasteiger charge is 2.35. The van der Waals surface area contributed by atoms with Gasteiger partial charge in [-0.15, -0.1) is 0 Å². The molecule has 5 nitrogen and oxygen atoms in total. The molecular weight excluding hydrogens is 270 g/mol. The van der Waals surface area contributed by atoms with Crippen LogP contribution >= 0.6 is 0 Å². The number of aryl methyl sites for hydroxylation is 2.